The van der Waals surface area contributed by atoms with Gasteiger partial charge in [0.25, 0.3) is 0 Å². The van der Waals surface area contributed by atoms with Crippen molar-refractivity contribution in [2.75, 3.05) is 0 Å². The van der Waals surface area contributed by atoms with E-state index in [2.05, 4.69) is 6.92 Å². The Morgan fingerprint density at radius 3 is 1.10 bits per heavy atom. The third kappa shape index (κ3) is 42.3. The molecule has 0 fully saturated rings. The van der Waals surface area contributed by atoms with E-state index in [1.54, 1.807) is 0 Å². The van der Waals surface area contributed by atoms with E-state index in [0.29, 0.717) is 18.6 Å². The van der Waals surface area contributed by atoms with Crippen molar-refractivity contribution in [3.05, 3.63) is 12.2 Å². The molecule has 164 valence electrons. The van der Waals surface area contributed by atoms with E-state index in [1.807, 2.05) is 0 Å². The van der Waals surface area contributed by atoms with Crippen LogP contribution in [0.3, 0.4) is 0 Å². The summed E-state index contributed by atoms with van der Waals surface area (Å²) in [6, 6.07) is 0. The largest absolute Gasteiger partial charge is 1.00 e. The summed E-state index contributed by atoms with van der Waals surface area (Å²) in [6.07, 6.45) is 21.0. The molecule has 0 atom stereocenters. The summed E-state index contributed by atoms with van der Waals surface area (Å²) in [6.45, 7) is 2.27. The average molecular weight is 445 g/mol. The summed E-state index contributed by atoms with van der Waals surface area (Å²) >= 11 is 0. The zero-order valence-electron chi connectivity index (χ0n) is 19.5. The Morgan fingerprint density at radius 1 is 0.600 bits per heavy atom. The van der Waals surface area contributed by atoms with Crippen molar-refractivity contribution < 1.29 is 88.8 Å². The molecule has 0 heterocycles. The van der Waals surface area contributed by atoms with Crippen LogP contribution in [-0.2, 0) is 14.4 Å². The number of aliphatic carboxylic acids is 3. The standard InChI is InChI=1S/C18H36O2.C4H4O4.2Na/c1-2-3-4-5-6-7-8-9-10-11-12-13-14-15-16-17-18(19)20;5-3(6)1-2-4(7)8;;/h2-17H2,1H3,(H,19,20);1-2H,(H,5,6)(H,7,8);;/q;;2*+1/p-2/b;2-1+;;. The smallest absolute Gasteiger partial charge is 0.545 e. The van der Waals surface area contributed by atoms with E-state index < -0.39 is 17.9 Å². The quantitative estimate of drug-likeness (QED) is 0.141. The Morgan fingerprint density at radius 2 is 0.867 bits per heavy atom. The minimum absolute atomic E-state index is 0. The second-order valence-corrected chi connectivity index (χ2v) is 7.06. The van der Waals surface area contributed by atoms with Crippen LogP contribution in [0.5, 0.6) is 0 Å². The number of hydrogen-bond acceptors (Lipinski definition) is 5. The van der Waals surface area contributed by atoms with Crippen LogP contribution in [-0.4, -0.2) is 23.0 Å². The normalized spacial score (nSPS) is 9.77. The molecule has 0 aromatic heterocycles. The topological polar surface area (TPSA) is 118 Å². The first-order chi connectivity index (χ1) is 13.4. The van der Waals surface area contributed by atoms with Gasteiger partial charge in [0.2, 0.25) is 0 Å². The maximum Gasteiger partial charge on any atom is 1.00 e. The molecule has 30 heavy (non-hydrogen) atoms. The van der Waals surface area contributed by atoms with Crippen LogP contribution >= 0.6 is 0 Å². The molecule has 0 radical (unpaired) electrons. The Balaban J connectivity index is -0.000000288. The van der Waals surface area contributed by atoms with Gasteiger partial charge in [-0.3, -0.25) is 4.79 Å². The second-order valence-electron chi connectivity index (χ2n) is 7.06. The van der Waals surface area contributed by atoms with Gasteiger partial charge >= 0.3 is 65.1 Å². The maximum absolute atomic E-state index is 10.3. The predicted molar refractivity (Wildman–Crippen MR) is 106 cm³/mol. The predicted octanol–water partition coefficient (Wildman–Crippen LogP) is -2.62. The molecule has 0 saturated heterocycles. The van der Waals surface area contributed by atoms with E-state index in [9.17, 15) is 24.6 Å². The molecule has 0 bridgehead atoms. The van der Waals surface area contributed by atoms with Crippen LogP contribution in [0, 0.1) is 0 Å². The van der Waals surface area contributed by atoms with Crippen LogP contribution in [0.4, 0.5) is 0 Å². The molecule has 0 saturated carbocycles. The number of carboxylic acids is 3. The van der Waals surface area contributed by atoms with Gasteiger partial charge in [-0.05, 0) is 18.6 Å². The molecule has 8 heteroatoms. The number of carbonyl (C=O) groups excluding carboxylic acids is 2. The fraction of sp³-hybridized carbons (Fsp3) is 0.773. The van der Waals surface area contributed by atoms with Crippen molar-refractivity contribution in [1.82, 2.24) is 0 Å². The Bertz CT molecular complexity index is 412. The van der Waals surface area contributed by atoms with Crippen molar-refractivity contribution >= 4 is 17.9 Å². The summed E-state index contributed by atoms with van der Waals surface area (Å²) in [5, 5.41) is 27.3. The van der Waals surface area contributed by atoms with Crippen molar-refractivity contribution in [3.63, 3.8) is 0 Å². The van der Waals surface area contributed by atoms with Gasteiger partial charge in [-0.25, -0.2) is 0 Å². The molecule has 6 nitrogen and oxygen atoms in total. The Labute approximate surface area is 226 Å². The second kappa shape index (κ2) is 31.3. The van der Waals surface area contributed by atoms with Crippen LogP contribution in [0.2, 0.25) is 0 Å². The summed E-state index contributed by atoms with van der Waals surface area (Å²) in [7, 11) is 0. The molecule has 0 aliphatic heterocycles. The molecule has 0 unspecified atom stereocenters. The SMILES string of the molecule is CCCCCCCCCCCCCCCCCC(=O)O.O=C([O-])/C=C/C(=O)[O-].[Na+].[Na+]. The first kappa shape index (κ1) is 37.5. The van der Waals surface area contributed by atoms with E-state index >= 15 is 0 Å². The Kier molecular flexibility index (Phi) is 39.1. The molecular formula is C22H38Na2O6. The first-order valence-corrected chi connectivity index (χ1v) is 10.7. The number of carbonyl (C=O) groups is 3. The van der Waals surface area contributed by atoms with E-state index in [0.717, 1.165) is 12.8 Å². The van der Waals surface area contributed by atoms with Gasteiger partial charge in [0.1, 0.15) is 0 Å². The molecular weight excluding hydrogens is 406 g/mol. The third-order valence-corrected chi connectivity index (χ3v) is 4.35. The van der Waals surface area contributed by atoms with Gasteiger partial charge in [0.05, 0.1) is 11.9 Å². The number of carboxylic acid groups (broad SMARTS) is 3. The summed E-state index contributed by atoms with van der Waals surface area (Å²) < 4.78 is 0. The molecule has 1 N–H and O–H groups in total. The minimum atomic E-state index is -1.55. The summed E-state index contributed by atoms with van der Waals surface area (Å²) in [5.41, 5.74) is 0. The van der Waals surface area contributed by atoms with E-state index in [4.69, 9.17) is 5.11 Å². The summed E-state index contributed by atoms with van der Waals surface area (Å²) in [4.78, 5) is 29.2. The van der Waals surface area contributed by atoms with Crippen LogP contribution in [0.25, 0.3) is 0 Å². The van der Waals surface area contributed by atoms with Crippen molar-refractivity contribution in [3.8, 4) is 0 Å². The molecule has 0 amide bonds. The Hall–Kier alpha value is 0.150. The van der Waals surface area contributed by atoms with Gasteiger partial charge in [0.15, 0.2) is 0 Å². The van der Waals surface area contributed by atoms with Gasteiger partial charge in [-0.1, -0.05) is 96.8 Å². The van der Waals surface area contributed by atoms with E-state index in [-0.39, 0.29) is 59.1 Å². The zero-order chi connectivity index (χ0) is 21.5. The molecule has 0 rings (SSSR count). The monoisotopic (exact) mass is 444 g/mol. The molecule has 0 aromatic carbocycles. The van der Waals surface area contributed by atoms with Crippen LogP contribution in [0.15, 0.2) is 12.2 Å². The van der Waals surface area contributed by atoms with Gasteiger partial charge in [-0.15, -0.1) is 0 Å². The molecule has 0 aromatic rings. The van der Waals surface area contributed by atoms with Gasteiger partial charge < -0.3 is 24.9 Å². The van der Waals surface area contributed by atoms with Crippen molar-refractivity contribution in [2.24, 2.45) is 0 Å². The fourth-order valence-electron chi connectivity index (χ4n) is 2.78. The number of unbranched alkanes of at least 4 members (excludes halogenated alkanes) is 14. The van der Waals surface area contributed by atoms with E-state index in [1.165, 1.54) is 83.5 Å². The van der Waals surface area contributed by atoms with Gasteiger partial charge in [-0.2, -0.15) is 0 Å². The maximum atomic E-state index is 10.3. The van der Waals surface area contributed by atoms with Crippen molar-refractivity contribution in [2.45, 2.75) is 110 Å². The molecule has 0 spiro atoms. The first-order valence-electron chi connectivity index (χ1n) is 10.7. The third-order valence-electron chi connectivity index (χ3n) is 4.35. The minimum Gasteiger partial charge on any atom is -0.545 e. The number of rotatable bonds is 18. The molecule has 0 aliphatic carbocycles. The van der Waals surface area contributed by atoms with Crippen LogP contribution in [0.1, 0.15) is 110 Å². The fourth-order valence-corrected chi connectivity index (χ4v) is 2.78. The summed E-state index contributed by atoms with van der Waals surface area (Å²) in [5.74, 6) is -3.75. The van der Waals surface area contributed by atoms with Crippen LogP contribution < -0.4 is 69.3 Å². The zero-order valence-corrected chi connectivity index (χ0v) is 23.5. The average Bonchev–Trinajstić information content (AvgIpc) is 2.63. The van der Waals surface area contributed by atoms with Gasteiger partial charge in [0, 0.05) is 6.42 Å². The van der Waals surface area contributed by atoms with Crippen molar-refractivity contribution in [1.29, 1.82) is 0 Å². The number of hydrogen-bond donors (Lipinski definition) is 1. The molecule has 0 aliphatic rings.